The Morgan fingerprint density at radius 3 is 2.89 bits per heavy atom. The maximum atomic E-state index is 5.51. The molecule has 0 spiro atoms. The Morgan fingerprint density at radius 1 is 1.78 bits per heavy atom. The largest absolute Gasteiger partial charge is 0.271 e. The topological polar surface area (TPSA) is 27.6 Å². The lowest BCUT2D eigenvalue weighted by Gasteiger charge is -2.15. The highest BCUT2D eigenvalue weighted by Gasteiger charge is 2.03. The zero-order valence-corrected chi connectivity index (χ0v) is 6.24. The van der Waals surface area contributed by atoms with Crippen molar-refractivity contribution in [2.45, 2.75) is 6.92 Å². The van der Waals surface area contributed by atoms with Gasteiger partial charge in [0.15, 0.2) is 5.17 Å². The molecule has 0 saturated heterocycles. The van der Waals surface area contributed by atoms with Gasteiger partial charge in [-0.05, 0) is 13.0 Å². The number of nitrogens with zero attached hydrogens (tertiary/aromatic N) is 2. The Bertz CT molecular complexity index is 175. The average molecular weight is 166 g/mol. The van der Waals surface area contributed by atoms with Crippen molar-refractivity contribution >= 4 is 28.5 Å². The van der Waals surface area contributed by atoms with Crippen LogP contribution in [0.5, 0.6) is 0 Å². The molecule has 1 heterocycles. The lowest BCUT2D eigenvalue weighted by atomic mass is 10.4. The average Bonchev–Trinajstić information content (AvgIpc) is 1.59. The molecule has 5 heteroatoms. The zero-order chi connectivity index (χ0) is 6.85. The van der Waals surface area contributed by atoms with Crippen LogP contribution in [0.25, 0.3) is 0 Å². The third-order valence-corrected chi connectivity index (χ3v) is 1.13. The molecule has 0 bridgehead atoms. The van der Waals surface area contributed by atoms with Crippen molar-refractivity contribution in [2.75, 3.05) is 0 Å². The molecule has 0 aromatic heterocycles. The second-order valence-corrected chi connectivity index (χ2v) is 2.33. The van der Waals surface area contributed by atoms with E-state index in [0.717, 1.165) is 10.3 Å². The van der Waals surface area contributed by atoms with Crippen LogP contribution in [-0.4, -0.2) is 9.81 Å². The van der Waals surface area contributed by atoms with E-state index in [0.29, 0.717) is 5.17 Å². The van der Waals surface area contributed by atoms with Crippen LogP contribution in [0.4, 0.5) is 0 Å². The first-order valence-corrected chi connectivity index (χ1v) is 3.05. The van der Waals surface area contributed by atoms with Gasteiger partial charge in [0.1, 0.15) is 0 Å². The van der Waals surface area contributed by atoms with Crippen molar-refractivity contribution < 1.29 is 0 Å². The number of allylic oxidation sites excluding steroid dienone is 2. The minimum atomic E-state index is 0.376. The molecule has 0 saturated carbocycles. The van der Waals surface area contributed by atoms with Gasteiger partial charge in [-0.2, -0.15) is 0 Å². The van der Waals surface area contributed by atoms with Gasteiger partial charge in [-0.25, -0.2) is 0 Å². The quantitative estimate of drug-likeness (QED) is 0.551. The standard InChI is InChI=1S/C4H5Cl2N3/c1-3-2-4(5)8-9(6)7-3/h2,7H,1H3. The summed E-state index contributed by atoms with van der Waals surface area (Å²) in [5.41, 5.74) is 3.56. The van der Waals surface area contributed by atoms with E-state index in [1.54, 1.807) is 6.08 Å². The maximum absolute atomic E-state index is 5.51. The van der Waals surface area contributed by atoms with E-state index in [2.05, 4.69) is 10.5 Å². The van der Waals surface area contributed by atoms with Gasteiger partial charge >= 0.3 is 0 Å². The molecule has 1 N–H and O–H groups in total. The molecule has 50 valence electrons. The van der Waals surface area contributed by atoms with Gasteiger partial charge in [0.25, 0.3) is 0 Å². The SMILES string of the molecule is CC1=CC(Cl)=NN(Cl)N1. The normalized spacial score (nSPS) is 18.3. The predicted octanol–water partition coefficient (Wildman–Crippen LogP) is 1.42. The molecule has 1 rings (SSSR count). The van der Waals surface area contributed by atoms with Gasteiger partial charge in [-0.1, -0.05) is 11.6 Å². The molecule has 0 amide bonds. The minimum absolute atomic E-state index is 0.376. The lowest BCUT2D eigenvalue weighted by molar-refractivity contribution is 0.394. The van der Waals surface area contributed by atoms with Gasteiger partial charge in [0, 0.05) is 5.70 Å². The van der Waals surface area contributed by atoms with Gasteiger partial charge in [-0.3, -0.25) is 5.43 Å². The third kappa shape index (κ3) is 1.77. The highest BCUT2D eigenvalue weighted by Crippen LogP contribution is 2.05. The van der Waals surface area contributed by atoms with Crippen LogP contribution in [-0.2, 0) is 0 Å². The van der Waals surface area contributed by atoms with E-state index in [4.69, 9.17) is 23.4 Å². The number of halogens is 2. The second-order valence-electron chi connectivity index (χ2n) is 1.62. The molecule has 0 radical (unpaired) electrons. The first kappa shape index (κ1) is 6.71. The molecule has 0 unspecified atom stereocenters. The summed E-state index contributed by atoms with van der Waals surface area (Å²) >= 11 is 10.9. The molecule has 0 aliphatic carbocycles. The molecule has 1 aliphatic rings. The van der Waals surface area contributed by atoms with Crippen LogP contribution >= 0.6 is 23.4 Å². The van der Waals surface area contributed by atoms with Crippen LogP contribution in [0, 0.1) is 0 Å². The molecular weight excluding hydrogens is 161 g/mol. The summed E-state index contributed by atoms with van der Waals surface area (Å²) in [7, 11) is 0. The minimum Gasteiger partial charge on any atom is -0.271 e. The number of hydrogen-bond donors (Lipinski definition) is 1. The van der Waals surface area contributed by atoms with Crippen molar-refractivity contribution in [1.29, 1.82) is 0 Å². The third-order valence-electron chi connectivity index (χ3n) is 0.788. The summed E-state index contributed by atoms with van der Waals surface area (Å²) in [6.07, 6.45) is 1.68. The number of hydrazine groups is 1. The zero-order valence-electron chi connectivity index (χ0n) is 4.73. The summed E-state index contributed by atoms with van der Waals surface area (Å²) in [4.78, 5) is 0. The van der Waals surface area contributed by atoms with Gasteiger partial charge in [0.2, 0.25) is 0 Å². The van der Waals surface area contributed by atoms with E-state index >= 15 is 0 Å². The fraction of sp³-hybridized carbons (Fsp3) is 0.250. The van der Waals surface area contributed by atoms with E-state index in [9.17, 15) is 0 Å². The Hall–Kier alpha value is -0.410. The monoisotopic (exact) mass is 165 g/mol. The molecule has 0 atom stereocenters. The number of hydrazone groups is 1. The van der Waals surface area contributed by atoms with Crippen molar-refractivity contribution in [3.8, 4) is 0 Å². The van der Waals surface area contributed by atoms with Gasteiger partial charge in [-0.15, -0.1) is 9.74 Å². The summed E-state index contributed by atoms with van der Waals surface area (Å²) < 4.78 is 1.04. The summed E-state index contributed by atoms with van der Waals surface area (Å²) in [5.74, 6) is 0. The molecule has 3 nitrogen and oxygen atoms in total. The van der Waals surface area contributed by atoms with Crippen molar-refractivity contribution in [2.24, 2.45) is 5.10 Å². The molecule has 0 aromatic carbocycles. The Kier molecular flexibility index (Phi) is 1.83. The highest BCUT2D eigenvalue weighted by atomic mass is 35.5. The van der Waals surface area contributed by atoms with Gasteiger partial charge < -0.3 is 0 Å². The Labute approximate surface area is 63.0 Å². The van der Waals surface area contributed by atoms with Crippen LogP contribution in [0.2, 0.25) is 0 Å². The summed E-state index contributed by atoms with van der Waals surface area (Å²) in [5, 5.41) is 4.00. The Balaban J connectivity index is 2.74. The lowest BCUT2D eigenvalue weighted by Crippen LogP contribution is -2.27. The number of nitrogens with one attached hydrogen (secondary N) is 1. The smallest absolute Gasteiger partial charge is 0.154 e. The van der Waals surface area contributed by atoms with Crippen molar-refractivity contribution in [3.05, 3.63) is 11.8 Å². The van der Waals surface area contributed by atoms with Crippen LogP contribution in [0.1, 0.15) is 6.92 Å². The summed E-state index contributed by atoms with van der Waals surface area (Å²) in [6, 6.07) is 0. The van der Waals surface area contributed by atoms with E-state index in [-0.39, 0.29) is 0 Å². The Morgan fingerprint density at radius 2 is 2.44 bits per heavy atom. The van der Waals surface area contributed by atoms with Crippen LogP contribution in [0.15, 0.2) is 16.9 Å². The van der Waals surface area contributed by atoms with Crippen molar-refractivity contribution in [1.82, 2.24) is 10.1 Å². The predicted molar refractivity (Wildman–Crippen MR) is 37.9 cm³/mol. The summed E-state index contributed by atoms with van der Waals surface area (Å²) in [6.45, 7) is 1.84. The second kappa shape index (κ2) is 2.45. The number of rotatable bonds is 0. The molecular formula is C4H5Cl2N3. The van der Waals surface area contributed by atoms with E-state index in [1.807, 2.05) is 6.92 Å². The fourth-order valence-corrected chi connectivity index (χ4v) is 0.987. The van der Waals surface area contributed by atoms with Crippen LogP contribution in [0.3, 0.4) is 0 Å². The molecule has 0 fully saturated rings. The van der Waals surface area contributed by atoms with E-state index in [1.165, 1.54) is 0 Å². The fourth-order valence-electron chi connectivity index (χ4n) is 0.494. The van der Waals surface area contributed by atoms with Crippen LogP contribution < -0.4 is 5.43 Å². The van der Waals surface area contributed by atoms with Gasteiger partial charge in [0.05, 0.1) is 11.8 Å². The molecule has 9 heavy (non-hydrogen) atoms. The first-order chi connectivity index (χ1) is 4.18. The molecule has 0 aromatic rings. The maximum Gasteiger partial charge on any atom is 0.154 e. The molecule has 1 aliphatic heterocycles. The number of hydrogen-bond acceptors (Lipinski definition) is 3. The van der Waals surface area contributed by atoms with Crippen molar-refractivity contribution in [3.63, 3.8) is 0 Å². The van der Waals surface area contributed by atoms with E-state index < -0.39 is 0 Å². The highest BCUT2D eigenvalue weighted by molar-refractivity contribution is 6.68. The first-order valence-electron chi connectivity index (χ1n) is 2.33.